The molecular formula is C15H17Cl2N3O2S. The minimum atomic E-state index is -2.95. The first-order valence-corrected chi connectivity index (χ1v) is 10.0. The summed E-state index contributed by atoms with van der Waals surface area (Å²) >= 11 is 12.4. The summed E-state index contributed by atoms with van der Waals surface area (Å²) in [5.74, 6) is 1.65. The minimum absolute atomic E-state index is 0.0806. The Morgan fingerprint density at radius 1 is 1.30 bits per heavy atom. The number of rotatable bonds is 4. The largest absolute Gasteiger partial charge is 0.250 e. The number of sulfone groups is 1. The van der Waals surface area contributed by atoms with E-state index >= 15 is 0 Å². The van der Waals surface area contributed by atoms with Gasteiger partial charge in [0.25, 0.3) is 0 Å². The molecule has 1 aromatic carbocycles. The average Bonchev–Trinajstić information content (AvgIpc) is 3.06. The Hall–Kier alpha value is -1.11. The molecule has 8 heteroatoms. The topological polar surface area (TPSA) is 64.8 Å². The predicted octanol–water partition coefficient (Wildman–Crippen LogP) is 3.10. The normalized spacial score (nSPS) is 20.0. The number of halogens is 2. The molecule has 124 valence electrons. The molecule has 0 spiro atoms. The van der Waals surface area contributed by atoms with Crippen molar-refractivity contribution in [2.75, 3.05) is 11.5 Å². The molecule has 1 aliphatic rings. The van der Waals surface area contributed by atoms with E-state index in [0.717, 1.165) is 11.4 Å². The minimum Gasteiger partial charge on any atom is -0.250 e. The summed E-state index contributed by atoms with van der Waals surface area (Å²) < 4.78 is 25.2. The number of aryl methyl sites for hydroxylation is 1. The smallest absolute Gasteiger partial charge is 0.155 e. The number of nitrogens with zero attached hydrogens (tertiary/aromatic N) is 3. The zero-order valence-electron chi connectivity index (χ0n) is 12.7. The van der Waals surface area contributed by atoms with Crippen LogP contribution in [0, 0.1) is 0 Å². The Morgan fingerprint density at radius 2 is 2.00 bits per heavy atom. The summed E-state index contributed by atoms with van der Waals surface area (Å²) in [5.41, 5.74) is 0.787. The third-order valence-electron chi connectivity index (χ3n) is 4.04. The molecule has 0 unspecified atom stereocenters. The Morgan fingerprint density at radius 3 is 2.57 bits per heavy atom. The van der Waals surface area contributed by atoms with Crippen LogP contribution < -0.4 is 0 Å². The molecule has 0 amide bonds. The van der Waals surface area contributed by atoms with Gasteiger partial charge in [-0.05, 0) is 31.0 Å². The van der Waals surface area contributed by atoms with Gasteiger partial charge in [-0.1, -0.05) is 29.3 Å². The van der Waals surface area contributed by atoms with Gasteiger partial charge in [0, 0.05) is 28.9 Å². The maximum absolute atomic E-state index is 11.7. The fraction of sp³-hybridized carbons (Fsp3) is 0.467. The quantitative estimate of drug-likeness (QED) is 0.825. The lowest BCUT2D eigenvalue weighted by Gasteiger charge is -2.07. The van der Waals surface area contributed by atoms with Gasteiger partial charge in [0.1, 0.15) is 5.82 Å². The molecule has 1 aromatic heterocycles. The molecule has 0 bridgehead atoms. The third kappa shape index (κ3) is 3.54. The van der Waals surface area contributed by atoms with Crippen LogP contribution in [0.4, 0.5) is 0 Å². The second-order valence-corrected chi connectivity index (χ2v) is 8.72. The van der Waals surface area contributed by atoms with Gasteiger partial charge in [-0.15, -0.1) is 0 Å². The Bertz CT molecular complexity index is 813. The van der Waals surface area contributed by atoms with Crippen molar-refractivity contribution < 1.29 is 8.42 Å². The second-order valence-electron chi connectivity index (χ2n) is 5.68. The van der Waals surface area contributed by atoms with Gasteiger partial charge in [-0.3, -0.25) is 0 Å². The van der Waals surface area contributed by atoms with Gasteiger partial charge < -0.3 is 0 Å². The summed E-state index contributed by atoms with van der Waals surface area (Å²) in [4.78, 5) is 4.58. The number of benzene rings is 1. The van der Waals surface area contributed by atoms with Crippen molar-refractivity contribution in [1.29, 1.82) is 0 Å². The molecule has 1 fully saturated rings. The van der Waals surface area contributed by atoms with Crippen LogP contribution in [0.15, 0.2) is 18.2 Å². The van der Waals surface area contributed by atoms with Crippen LogP contribution in [-0.2, 0) is 22.8 Å². The summed E-state index contributed by atoms with van der Waals surface area (Å²) in [6.07, 6.45) is 1.03. The van der Waals surface area contributed by atoms with Gasteiger partial charge in [-0.25, -0.2) is 18.1 Å². The van der Waals surface area contributed by atoms with E-state index in [9.17, 15) is 8.42 Å². The summed E-state index contributed by atoms with van der Waals surface area (Å²) in [6, 6.07) is 5.36. The van der Waals surface area contributed by atoms with Crippen LogP contribution in [-0.4, -0.2) is 34.7 Å². The van der Waals surface area contributed by atoms with Crippen molar-refractivity contribution in [2.45, 2.75) is 32.2 Å². The van der Waals surface area contributed by atoms with E-state index in [2.05, 4.69) is 10.1 Å². The van der Waals surface area contributed by atoms with Gasteiger partial charge in [0.05, 0.1) is 11.5 Å². The number of aromatic nitrogens is 3. The zero-order chi connectivity index (χ0) is 16.6. The predicted molar refractivity (Wildman–Crippen MR) is 91.0 cm³/mol. The lowest BCUT2D eigenvalue weighted by molar-refractivity contribution is 0.571. The van der Waals surface area contributed by atoms with Crippen molar-refractivity contribution in [3.8, 4) is 0 Å². The van der Waals surface area contributed by atoms with Crippen LogP contribution in [0.25, 0.3) is 0 Å². The molecular weight excluding hydrogens is 357 g/mol. The number of hydrogen-bond donors (Lipinski definition) is 0. The SMILES string of the molecule is CCn1nc(Cc2c(Cl)cccc2Cl)nc1[C@@H]1CCS(=O)(=O)C1. The molecule has 0 radical (unpaired) electrons. The lowest BCUT2D eigenvalue weighted by atomic mass is 10.1. The van der Waals surface area contributed by atoms with E-state index < -0.39 is 9.84 Å². The van der Waals surface area contributed by atoms with Crippen LogP contribution in [0.5, 0.6) is 0 Å². The fourth-order valence-electron chi connectivity index (χ4n) is 2.87. The Kier molecular flexibility index (Phi) is 4.67. The van der Waals surface area contributed by atoms with E-state index in [4.69, 9.17) is 23.2 Å². The molecule has 2 aromatic rings. The summed E-state index contributed by atoms with van der Waals surface area (Å²) in [6.45, 7) is 2.61. The van der Waals surface area contributed by atoms with E-state index in [1.165, 1.54) is 0 Å². The molecule has 1 saturated heterocycles. The molecule has 0 saturated carbocycles. The van der Waals surface area contributed by atoms with Crippen LogP contribution in [0.1, 0.15) is 36.5 Å². The van der Waals surface area contributed by atoms with Crippen molar-refractivity contribution in [3.63, 3.8) is 0 Å². The molecule has 0 aliphatic carbocycles. The van der Waals surface area contributed by atoms with E-state index in [1.807, 2.05) is 6.92 Å². The van der Waals surface area contributed by atoms with Crippen molar-refractivity contribution in [1.82, 2.24) is 14.8 Å². The highest BCUT2D eigenvalue weighted by Crippen LogP contribution is 2.29. The highest BCUT2D eigenvalue weighted by atomic mass is 35.5. The van der Waals surface area contributed by atoms with Gasteiger partial charge in [-0.2, -0.15) is 5.10 Å². The van der Waals surface area contributed by atoms with Crippen molar-refractivity contribution in [3.05, 3.63) is 45.5 Å². The van der Waals surface area contributed by atoms with E-state index in [-0.39, 0.29) is 17.4 Å². The third-order valence-corrected chi connectivity index (χ3v) is 6.51. The molecule has 5 nitrogen and oxygen atoms in total. The first-order chi connectivity index (χ1) is 10.9. The Balaban J connectivity index is 1.91. The van der Waals surface area contributed by atoms with E-state index in [0.29, 0.717) is 35.3 Å². The monoisotopic (exact) mass is 373 g/mol. The highest BCUT2D eigenvalue weighted by molar-refractivity contribution is 7.91. The summed E-state index contributed by atoms with van der Waals surface area (Å²) in [5, 5.41) is 5.65. The second kappa shape index (κ2) is 6.42. The van der Waals surface area contributed by atoms with Crippen LogP contribution in [0.2, 0.25) is 10.0 Å². The first kappa shape index (κ1) is 16.7. The lowest BCUT2D eigenvalue weighted by Crippen LogP contribution is -2.11. The maximum Gasteiger partial charge on any atom is 0.155 e. The maximum atomic E-state index is 11.7. The van der Waals surface area contributed by atoms with Gasteiger partial charge >= 0.3 is 0 Å². The average molecular weight is 374 g/mol. The zero-order valence-corrected chi connectivity index (χ0v) is 15.0. The molecule has 23 heavy (non-hydrogen) atoms. The molecule has 3 rings (SSSR count). The molecule has 0 N–H and O–H groups in total. The van der Waals surface area contributed by atoms with Gasteiger partial charge in [0.2, 0.25) is 0 Å². The standard InChI is InChI=1S/C15H17Cl2N3O2S/c1-2-20-15(10-6-7-23(21,22)9-10)18-14(19-20)8-11-12(16)4-3-5-13(11)17/h3-5,10H,2,6-9H2,1H3/t10-/m1/s1. The number of hydrogen-bond acceptors (Lipinski definition) is 4. The van der Waals surface area contributed by atoms with Crippen LogP contribution in [0.3, 0.4) is 0 Å². The molecule has 2 heterocycles. The van der Waals surface area contributed by atoms with Crippen molar-refractivity contribution >= 4 is 33.0 Å². The first-order valence-electron chi connectivity index (χ1n) is 7.46. The Labute approximate surface area is 145 Å². The van der Waals surface area contributed by atoms with Crippen LogP contribution >= 0.6 is 23.2 Å². The van der Waals surface area contributed by atoms with Gasteiger partial charge in [0.15, 0.2) is 15.7 Å². The summed E-state index contributed by atoms with van der Waals surface area (Å²) in [7, 11) is -2.95. The van der Waals surface area contributed by atoms with Crippen molar-refractivity contribution in [2.24, 2.45) is 0 Å². The highest BCUT2D eigenvalue weighted by Gasteiger charge is 2.32. The molecule has 1 atom stereocenters. The van der Waals surface area contributed by atoms with E-state index in [1.54, 1.807) is 22.9 Å². The molecule has 1 aliphatic heterocycles. The fourth-order valence-corrected chi connectivity index (χ4v) is 5.14.